The second kappa shape index (κ2) is 4.64. The second-order valence-corrected chi connectivity index (χ2v) is 7.60. The van der Waals surface area contributed by atoms with Gasteiger partial charge in [-0.1, -0.05) is 36.4 Å². The zero-order valence-electron chi connectivity index (χ0n) is 10.5. The van der Waals surface area contributed by atoms with E-state index in [0.717, 1.165) is 0 Å². The van der Waals surface area contributed by atoms with E-state index in [2.05, 4.69) is 4.63 Å². The maximum atomic E-state index is 12.2. The lowest BCUT2D eigenvalue weighted by atomic mass is 10.4. The van der Waals surface area contributed by atoms with Crippen LogP contribution in [-0.2, 0) is 20.0 Å². The monoisotopic (exact) mass is 326 g/mol. The third kappa shape index (κ3) is 2.30. The highest BCUT2D eigenvalue weighted by Crippen LogP contribution is 2.21. The summed E-state index contributed by atoms with van der Waals surface area (Å²) in [5, 5.41) is 0. The van der Waals surface area contributed by atoms with Crippen LogP contribution in [0.15, 0.2) is 75.1 Å². The number of hydrogen-bond donors (Lipinski definition) is 0. The van der Waals surface area contributed by atoms with Crippen molar-refractivity contribution in [2.24, 2.45) is 0 Å². The summed E-state index contributed by atoms with van der Waals surface area (Å²) in [6.07, 6.45) is 0. The van der Waals surface area contributed by atoms with Gasteiger partial charge in [0.15, 0.2) is 0 Å². The summed E-state index contributed by atoms with van der Waals surface area (Å²) in [6.45, 7) is 0. The number of nitrogens with zero attached hydrogens (tertiary/aromatic N) is 2. The fraction of sp³-hybridized carbons (Fsp3) is 0. The first kappa shape index (κ1) is 13.7. The van der Waals surface area contributed by atoms with Gasteiger partial charge in [0, 0.05) is 8.52 Å². The van der Waals surface area contributed by atoms with E-state index >= 15 is 0 Å². The Morgan fingerprint density at radius 2 is 0.952 bits per heavy atom. The molecule has 0 aliphatic rings. The molecule has 0 bridgehead atoms. The molecule has 1 heterocycles. The fourth-order valence-electron chi connectivity index (χ4n) is 1.67. The first-order chi connectivity index (χ1) is 9.94. The van der Waals surface area contributed by atoms with E-state index in [1.807, 2.05) is 0 Å². The number of rotatable bonds is 4. The standard InChI is InChI=1S/C12H10N2O5S2/c15-20(16,11-7-3-1-4-8-11)13-14(19-13)21(17,18)12-9-5-2-6-10-12/h1-10H. The van der Waals surface area contributed by atoms with Crippen LogP contribution in [0.3, 0.4) is 0 Å². The molecule has 2 aromatic carbocycles. The Hall–Kier alpha value is -2.26. The van der Waals surface area contributed by atoms with Gasteiger partial charge in [0.1, 0.15) is 0 Å². The summed E-state index contributed by atoms with van der Waals surface area (Å²) in [5.74, 6) is 0. The molecule has 0 fully saturated rings. The molecule has 0 spiro atoms. The van der Waals surface area contributed by atoms with Gasteiger partial charge in [0.25, 0.3) is 0 Å². The Labute approximate surface area is 121 Å². The molecule has 7 nitrogen and oxygen atoms in total. The van der Waals surface area contributed by atoms with Gasteiger partial charge >= 0.3 is 20.0 Å². The van der Waals surface area contributed by atoms with Crippen molar-refractivity contribution in [2.75, 3.05) is 0 Å². The van der Waals surface area contributed by atoms with Gasteiger partial charge in [-0.2, -0.15) is 16.8 Å². The van der Waals surface area contributed by atoms with E-state index < -0.39 is 20.0 Å². The highest BCUT2D eigenvalue weighted by atomic mass is 32.2. The summed E-state index contributed by atoms with van der Waals surface area (Å²) in [4.78, 5) is -0.119. The highest BCUT2D eigenvalue weighted by molar-refractivity contribution is 7.92. The van der Waals surface area contributed by atoms with Crippen molar-refractivity contribution in [3.63, 3.8) is 0 Å². The molecule has 0 saturated carbocycles. The number of aromatic nitrogens is 2. The normalized spacial score (nSPS) is 12.6. The van der Waals surface area contributed by atoms with Crippen molar-refractivity contribution in [3.05, 3.63) is 60.7 Å². The Kier molecular flexibility index (Phi) is 3.03. The second-order valence-electron chi connectivity index (χ2n) is 4.13. The maximum Gasteiger partial charge on any atom is 0.315 e. The first-order valence-corrected chi connectivity index (χ1v) is 8.71. The van der Waals surface area contributed by atoms with Crippen molar-refractivity contribution < 1.29 is 21.5 Å². The summed E-state index contributed by atoms with van der Waals surface area (Å²) >= 11 is 0. The van der Waals surface area contributed by atoms with Crippen molar-refractivity contribution in [3.8, 4) is 0 Å². The zero-order valence-corrected chi connectivity index (χ0v) is 12.2. The summed E-state index contributed by atoms with van der Waals surface area (Å²) in [5.41, 5.74) is 0. The Morgan fingerprint density at radius 3 is 1.29 bits per heavy atom. The predicted molar refractivity (Wildman–Crippen MR) is 72.7 cm³/mol. The minimum absolute atomic E-state index is 0.0595. The van der Waals surface area contributed by atoms with Crippen LogP contribution in [0.2, 0.25) is 0 Å². The molecular formula is C12H10N2O5S2. The first-order valence-electron chi connectivity index (χ1n) is 5.83. The van der Waals surface area contributed by atoms with E-state index in [1.165, 1.54) is 48.5 Å². The molecule has 0 radical (unpaired) electrons. The van der Waals surface area contributed by atoms with Crippen molar-refractivity contribution in [2.45, 2.75) is 9.79 Å². The number of benzene rings is 2. The van der Waals surface area contributed by atoms with Gasteiger partial charge in [0.05, 0.1) is 9.79 Å². The smallest absolute Gasteiger partial charge is 0.220 e. The summed E-state index contributed by atoms with van der Waals surface area (Å²) < 4.78 is 54.0. The van der Waals surface area contributed by atoms with Crippen LogP contribution in [0.1, 0.15) is 0 Å². The SMILES string of the molecule is O=S(=O)(c1ccccc1)n1on1S(=O)(=O)c1ccccc1. The lowest BCUT2D eigenvalue weighted by molar-refractivity contribution is 0.476. The quantitative estimate of drug-likeness (QED) is 0.722. The molecule has 3 aromatic rings. The van der Waals surface area contributed by atoms with Crippen LogP contribution in [0.5, 0.6) is 0 Å². The van der Waals surface area contributed by atoms with Gasteiger partial charge < -0.3 is 0 Å². The highest BCUT2D eigenvalue weighted by Gasteiger charge is 2.36. The van der Waals surface area contributed by atoms with E-state index in [4.69, 9.17) is 0 Å². The molecule has 0 unspecified atom stereocenters. The summed E-state index contributed by atoms with van der Waals surface area (Å²) in [6, 6.07) is 14.8. The molecule has 0 atom stereocenters. The minimum Gasteiger partial charge on any atom is -0.220 e. The fourth-order valence-corrected chi connectivity index (χ4v) is 4.26. The molecule has 0 N–H and O–H groups in total. The summed E-state index contributed by atoms with van der Waals surface area (Å²) in [7, 11) is -8.10. The van der Waals surface area contributed by atoms with Gasteiger partial charge in [-0.25, -0.2) is 4.63 Å². The minimum atomic E-state index is -4.05. The van der Waals surface area contributed by atoms with E-state index in [1.54, 1.807) is 12.1 Å². The Bertz CT molecular complexity index is 869. The molecule has 0 saturated heterocycles. The van der Waals surface area contributed by atoms with Crippen LogP contribution >= 0.6 is 0 Å². The molecule has 9 heteroatoms. The molecule has 1 aromatic heterocycles. The van der Waals surface area contributed by atoms with Crippen LogP contribution in [0.25, 0.3) is 0 Å². The maximum absolute atomic E-state index is 12.2. The topological polar surface area (TPSA) is 91.3 Å². The van der Waals surface area contributed by atoms with Crippen LogP contribution < -0.4 is 0 Å². The average molecular weight is 326 g/mol. The van der Waals surface area contributed by atoms with E-state index in [0.29, 0.717) is 8.52 Å². The molecule has 0 aliphatic carbocycles. The van der Waals surface area contributed by atoms with Gasteiger partial charge in [0.2, 0.25) is 0 Å². The van der Waals surface area contributed by atoms with Gasteiger partial charge in [-0.3, -0.25) is 0 Å². The van der Waals surface area contributed by atoms with Crippen LogP contribution in [0, 0.1) is 0 Å². The van der Waals surface area contributed by atoms with Gasteiger partial charge in [-0.15, -0.1) is 0 Å². The Balaban J connectivity index is 2.02. The van der Waals surface area contributed by atoms with E-state index in [9.17, 15) is 16.8 Å². The molecule has 110 valence electrons. The predicted octanol–water partition coefficient (Wildman–Crippen LogP) is 1.36. The zero-order chi connectivity index (χ0) is 15.1. The molecule has 0 aliphatic heterocycles. The average Bonchev–Trinajstić information content (AvgIpc) is 3.31. The lowest BCUT2D eigenvalue weighted by Gasteiger charge is -1.98. The van der Waals surface area contributed by atoms with Crippen LogP contribution in [0.4, 0.5) is 0 Å². The van der Waals surface area contributed by atoms with Crippen LogP contribution in [-0.4, -0.2) is 25.4 Å². The molecule has 3 rings (SSSR count). The lowest BCUT2D eigenvalue weighted by Crippen LogP contribution is -2.15. The van der Waals surface area contributed by atoms with Gasteiger partial charge in [-0.05, 0) is 24.3 Å². The Morgan fingerprint density at radius 1 is 0.619 bits per heavy atom. The van der Waals surface area contributed by atoms with Crippen molar-refractivity contribution in [1.29, 1.82) is 0 Å². The molecule has 0 amide bonds. The third-order valence-corrected chi connectivity index (χ3v) is 5.83. The molecular weight excluding hydrogens is 316 g/mol. The largest absolute Gasteiger partial charge is 0.315 e. The number of hydrogen-bond acceptors (Lipinski definition) is 5. The van der Waals surface area contributed by atoms with Crippen molar-refractivity contribution >= 4 is 20.0 Å². The van der Waals surface area contributed by atoms with E-state index in [-0.39, 0.29) is 9.79 Å². The molecule has 21 heavy (non-hydrogen) atoms. The van der Waals surface area contributed by atoms with Crippen molar-refractivity contribution in [1.82, 2.24) is 8.52 Å². The third-order valence-electron chi connectivity index (χ3n) is 2.74.